The number of likely N-dealkylation sites (N-methyl/N-ethyl adjacent to an activating group) is 1. The molecule has 0 aliphatic heterocycles. The molecule has 0 bridgehead atoms. The second-order valence-electron chi connectivity index (χ2n) is 2.51. The Morgan fingerprint density at radius 2 is 1.64 bits per heavy atom. The monoisotopic (exact) mass is 216 g/mol. The predicted octanol–water partition coefficient (Wildman–Crippen LogP) is -0.333. The number of carbonyl (C=O) groups is 2. The first-order chi connectivity index (χ1) is 6.07. The molecule has 0 rings (SSSR count). The van der Waals surface area contributed by atoms with Crippen LogP contribution in [-0.4, -0.2) is 48.7 Å². The molecule has 5 nitrogen and oxygen atoms in total. The summed E-state index contributed by atoms with van der Waals surface area (Å²) in [5, 5.41) is 7.12. The van der Waals surface area contributed by atoms with E-state index in [1.54, 1.807) is 19.0 Å². The van der Waals surface area contributed by atoms with Crippen LogP contribution in [0.15, 0.2) is 0 Å². The Labute approximate surface area is 78.3 Å². The molecule has 3 N–H and O–H groups in total. The van der Waals surface area contributed by atoms with Gasteiger partial charge in [0.1, 0.15) is 0 Å². The van der Waals surface area contributed by atoms with Crippen LogP contribution in [0.3, 0.4) is 0 Å². The van der Waals surface area contributed by atoms with Gasteiger partial charge in [0.2, 0.25) is 5.91 Å². The van der Waals surface area contributed by atoms with E-state index in [1.807, 2.05) is 0 Å². The maximum atomic E-state index is 10.6. The molecule has 0 saturated carbocycles. The number of hydrogen-bond donors (Lipinski definition) is 2. The predicted molar refractivity (Wildman–Crippen MR) is 41.4 cm³/mol. The molecule has 0 spiro atoms. The minimum absolute atomic E-state index is 0.287. The molecule has 0 heterocycles. The summed E-state index contributed by atoms with van der Waals surface area (Å²) in [6, 6.07) is 0. The Kier molecular flexibility index (Phi) is 6.71. The van der Waals surface area contributed by atoms with E-state index in [0.717, 1.165) is 0 Å². The van der Waals surface area contributed by atoms with E-state index in [0.29, 0.717) is 6.54 Å². The Morgan fingerprint density at radius 1 is 1.36 bits per heavy atom. The van der Waals surface area contributed by atoms with Crippen molar-refractivity contribution in [2.45, 2.75) is 6.18 Å². The van der Waals surface area contributed by atoms with Crippen molar-refractivity contribution in [1.82, 2.24) is 4.90 Å². The minimum atomic E-state index is -5.08. The van der Waals surface area contributed by atoms with Crippen molar-refractivity contribution >= 4 is 11.9 Å². The molecule has 0 aromatic carbocycles. The van der Waals surface area contributed by atoms with E-state index in [2.05, 4.69) is 0 Å². The molecule has 0 aromatic rings. The number of nitrogens with two attached hydrogens (primary N) is 1. The van der Waals surface area contributed by atoms with Gasteiger partial charge in [-0.3, -0.25) is 4.79 Å². The zero-order chi connectivity index (χ0) is 11.9. The number of hydrogen-bond acceptors (Lipinski definition) is 3. The lowest BCUT2D eigenvalue weighted by molar-refractivity contribution is -0.192. The second kappa shape index (κ2) is 6.19. The first kappa shape index (κ1) is 15.2. The van der Waals surface area contributed by atoms with Crippen molar-refractivity contribution in [3.05, 3.63) is 0 Å². The number of halogens is 3. The summed E-state index contributed by atoms with van der Waals surface area (Å²) in [5.74, 6) is -3.04. The van der Waals surface area contributed by atoms with E-state index in [1.165, 1.54) is 0 Å². The highest BCUT2D eigenvalue weighted by molar-refractivity contribution is 5.75. The fraction of sp³-hybridized carbons (Fsp3) is 0.667. The van der Waals surface area contributed by atoms with Gasteiger partial charge in [-0.05, 0) is 14.1 Å². The molecule has 0 aliphatic rings. The SMILES string of the molecule is CN(C)CC(N)=O.O=C(O)C(F)(F)F. The van der Waals surface area contributed by atoms with Crippen LogP contribution in [0, 0.1) is 0 Å². The molecule has 8 heteroatoms. The Balaban J connectivity index is 0. The number of primary amides is 1. The van der Waals surface area contributed by atoms with Crippen molar-refractivity contribution in [2.75, 3.05) is 20.6 Å². The average molecular weight is 216 g/mol. The van der Waals surface area contributed by atoms with Gasteiger partial charge in [-0.25, -0.2) is 4.79 Å². The van der Waals surface area contributed by atoms with Crippen molar-refractivity contribution in [3.8, 4) is 0 Å². The molecule has 0 aromatic heterocycles. The highest BCUT2D eigenvalue weighted by Crippen LogP contribution is 2.13. The van der Waals surface area contributed by atoms with Crippen LogP contribution in [0.4, 0.5) is 13.2 Å². The third-order valence-electron chi connectivity index (χ3n) is 0.715. The van der Waals surface area contributed by atoms with Crippen molar-refractivity contribution in [3.63, 3.8) is 0 Å². The third kappa shape index (κ3) is 13.3. The number of carbonyl (C=O) groups excluding carboxylic acids is 1. The average Bonchev–Trinajstić information content (AvgIpc) is 1.81. The summed E-state index contributed by atoms with van der Waals surface area (Å²) in [5.41, 5.74) is 4.81. The van der Waals surface area contributed by atoms with Gasteiger partial charge in [-0.15, -0.1) is 0 Å². The van der Waals surface area contributed by atoms with Crippen molar-refractivity contribution in [1.29, 1.82) is 0 Å². The lowest BCUT2D eigenvalue weighted by Gasteiger charge is -2.02. The molecule has 0 aliphatic carbocycles. The van der Waals surface area contributed by atoms with E-state index in [4.69, 9.17) is 15.6 Å². The quantitative estimate of drug-likeness (QED) is 0.661. The van der Waals surface area contributed by atoms with Gasteiger partial charge in [0.15, 0.2) is 0 Å². The fourth-order valence-electron chi connectivity index (χ4n) is 0.312. The number of nitrogens with zero attached hydrogens (tertiary/aromatic N) is 1. The summed E-state index contributed by atoms with van der Waals surface area (Å²) >= 11 is 0. The molecular weight excluding hydrogens is 205 g/mol. The topological polar surface area (TPSA) is 83.6 Å². The van der Waals surface area contributed by atoms with Gasteiger partial charge in [0.05, 0.1) is 6.54 Å². The molecule has 0 fully saturated rings. The number of rotatable bonds is 2. The van der Waals surface area contributed by atoms with Gasteiger partial charge in [-0.1, -0.05) is 0 Å². The van der Waals surface area contributed by atoms with Gasteiger partial charge >= 0.3 is 12.1 Å². The number of aliphatic carboxylic acids is 1. The smallest absolute Gasteiger partial charge is 0.475 e. The number of alkyl halides is 3. The third-order valence-corrected chi connectivity index (χ3v) is 0.715. The lowest BCUT2D eigenvalue weighted by Crippen LogP contribution is -2.27. The molecule has 0 unspecified atom stereocenters. The first-order valence-electron chi connectivity index (χ1n) is 3.30. The summed E-state index contributed by atoms with van der Waals surface area (Å²) in [6.45, 7) is 0.333. The van der Waals surface area contributed by atoms with Crippen LogP contribution in [0.25, 0.3) is 0 Å². The summed E-state index contributed by atoms with van der Waals surface area (Å²) in [6.07, 6.45) is -5.08. The van der Waals surface area contributed by atoms with Gasteiger partial charge in [0, 0.05) is 0 Å². The maximum Gasteiger partial charge on any atom is 0.490 e. The zero-order valence-electron chi connectivity index (χ0n) is 7.63. The van der Waals surface area contributed by atoms with Crippen LogP contribution in [0.5, 0.6) is 0 Å². The van der Waals surface area contributed by atoms with E-state index in [-0.39, 0.29) is 5.91 Å². The standard InChI is InChI=1S/C4H10N2O.C2HF3O2/c1-6(2)3-4(5)7;3-2(4,5)1(6)7/h3H2,1-2H3,(H2,5,7);(H,6,7). The first-order valence-corrected chi connectivity index (χ1v) is 3.30. The zero-order valence-corrected chi connectivity index (χ0v) is 7.63. The maximum absolute atomic E-state index is 10.6. The number of carboxylic acids is 1. The molecule has 0 saturated heterocycles. The molecular formula is C6H11F3N2O3. The Morgan fingerprint density at radius 3 is 1.64 bits per heavy atom. The molecule has 84 valence electrons. The van der Waals surface area contributed by atoms with E-state index < -0.39 is 12.1 Å². The summed E-state index contributed by atoms with van der Waals surface area (Å²) < 4.78 is 31.7. The molecule has 0 atom stereocenters. The fourth-order valence-corrected chi connectivity index (χ4v) is 0.312. The lowest BCUT2D eigenvalue weighted by atomic mass is 10.6. The largest absolute Gasteiger partial charge is 0.490 e. The number of amides is 1. The summed E-state index contributed by atoms with van der Waals surface area (Å²) in [7, 11) is 3.59. The minimum Gasteiger partial charge on any atom is -0.475 e. The Bertz CT molecular complexity index is 203. The van der Waals surface area contributed by atoms with Crippen molar-refractivity contribution in [2.24, 2.45) is 5.73 Å². The van der Waals surface area contributed by atoms with Crippen LogP contribution in [-0.2, 0) is 9.59 Å². The molecule has 0 radical (unpaired) electrons. The van der Waals surface area contributed by atoms with Crippen molar-refractivity contribution < 1.29 is 27.9 Å². The van der Waals surface area contributed by atoms with Crippen LogP contribution < -0.4 is 5.73 Å². The van der Waals surface area contributed by atoms with Crippen LogP contribution in [0.1, 0.15) is 0 Å². The van der Waals surface area contributed by atoms with Crippen LogP contribution in [0.2, 0.25) is 0 Å². The van der Waals surface area contributed by atoms with Gasteiger partial charge in [-0.2, -0.15) is 13.2 Å². The van der Waals surface area contributed by atoms with Gasteiger partial charge in [0.25, 0.3) is 0 Å². The Hall–Kier alpha value is -1.31. The second-order valence-corrected chi connectivity index (χ2v) is 2.51. The van der Waals surface area contributed by atoms with E-state index in [9.17, 15) is 18.0 Å². The normalized spacial score (nSPS) is 10.4. The highest BCUT2D eigenvalue weighted by Gasteiger charge is 2.38. The van der Waals surface area contributed by atoms with E-state index >= 15 is 0 Å². The highest BCUT2D eigenvalue weighted by atomic mass is 19.4. The number of carboxylic acid groups (broad SMARTS) is 1. The van der Waals surface area contributed by atoms with Crippen LogP contribution >= 0.6 is 0 Å². The summed E-state index contributed by atoms with van der Waals surface area (Å²) in [4.78, 5) is 20.6. The van der Waals surface area contributed by atoms with Gasteiger partial charge < -0.3 is 15.7 Å². The molecule has 1 amide bonds. The molecule has 14 heavy (non-hydrogen) atoms.